The van der Waals surface area contributed by atoms with Gasteiger partial charge in [-0.05, 0) is 29.0 Å². The molecule has 4 nitrogen and oxygen atoms in total. The first-order valence-corrected chi connectivity index (χ1v) is 5.19. The average Bonchev–Trinajstić information content (AvgIpc) is 2.45. The summed E-state index contributed by atoms with van der Waals surface area (Å²) in [4.78, 5) is 11.6. The average molecular weight is 297 g/mol. The summed E-state index contributed by atoms with van der Waals surface area (Å²) in [6.07, 6.45) is 1.85. The van der Waals surface area contributed by atoms with E-state index in [0.717, 1.165) is 11.0 Å². The summed E-state index contributed by atoms with van der Waals surface area (Å²) >= 11 is 3.32. The van der Waals surface area contributed by atoms with Gasteiger partial charge in [-0.25, -0.2) is 0 Å². The van der Waals surface area contributed by atoms with Crippen LogP contribution in [0.5, 0.6) is 0 Å². The van der Waals surface area contributed by atoms with Crippen molar-refractivity contribution in [1.82, 2.24) is 15.2 Å². The van der Waals surface area contributed by atoms with Crippen LogP contribution in [0.1, 0.15) is 10.5 Å². The maximum absolute atomic E-state index is 11.6. The molecule has 1 aromatic rings. The Hall–Kier alpha value is -0.520. The molecular weight excluding hydrogens is 281 g/mol. The van der Waals surface area contributed by atoms with Crippen LogP contribution in [0.15, 0.2) is 16.7 Å². The molecule has 0 aliphatic heterocycles. The second-order valence-electron chi connectivity index (χ2n) is 3.01. The number of hydrogen-bond donors (Lipinski definition) is 2. The van der Waals surface area contributed by atoms with Crippen molar-refractivity contribution in [1.29, 1.82) is 0 Å². The molecule has 0 saturated heterocycles. The monoisotopic (exact) mass is 295 g/mol. The number of carbonyl (C=O) groups excluding carboxylic acids is 1. The van der Waals surface area contributed by atoms with Gasteiger partial charge in [0.05, 0.1) is 0 Å². The number of aryl methyl sites for hydroxylation is 1. The normalized spacial score (nSPS) is 9.53. The van der Waals surface area contributed by atoms with Crippen LogP contribution in [0, 0.1) is 0 Å². The highest BCUT2D eigenvalue weighted by atomic mass is 79.9. The van der Waals surface area contributed by atoms with Crippen molar-refractivity contribution in [3.05, 3.63) is 22.4 Å². The van der Waals surface area contributed by atoms with Gasteiger partial charge in [0.1, 0.15) is 5.69 Å². The highest BCUT2D eigenvalue weighted by Gasteiger charge is 2.09. The van der Waals surface area contributed by atoms with Crippen LogP contribution in [0.2, 0.25) is 0 Å². The van der Waals surface area contributed by atoms with E-state index in [1.165, 1.54) is 0 Å². The second kappa shape index (κ2) is 6.87. The highest BCUT2D eigenvalue weighted by molar-refractivity contribution is 9.10. The summed E-state index contributed by atoms with van der Waals surface area (Å²) in [7, 11) is 3.70. The molecule has 6 heteroatoms. The molecule has 1 amide bonds. The molecule has 0 bridgehead atoms. The van der Waals surface area contributed by atoms with E-state index in [-0.39, 0.29) is 18.3 Å². The quantitative estimate of drug-likeness (QED) is 0.819. The van der Waals surface area contributed by atoms with Gasteiger partial charge in [-0.3, -0.25) is 4.79 Å². The number of carbonyl (C=O) groups is 1. The Morgan fingerprint density at radius 2 is 2.20 bits per heavy atom. The van der Waals surface area contributed by atoms with Crippen molar-refractivity contribution in [2.75, 3.05) is 20.1 Å². The number of aromatic nitrogens is 1. The molecule has 1 rings (SSSR count). The zero-order valence-corrected chi connectivity index (χ0v) is 11.1. The summed E-state index contributed by atoms with van der Waals surface area (Å²) in [5.41, 5.74) is 0.660. The number of likely N-dealkylation sites (N-methyl/N-ethyl adjacent to an activating group) is 1. The Balaban J connectivity index is 0.00000196. The molecule has 86 valence electrons. The van der Waals surface area contributed by atoms with Crippen molar-refractivity contribution in [3.63, 3.8) is 0 Å². The molecule has 0 fully saturated rings. The van der Waals surface area contributed by atoms with Crippen LogP contribution in [0.3, 0.4) is 0 Å². The SMILES string of the molecule is CNCCNC(=O)c1cc(Br)cn1C.Cl. The Labute approximate surface area is 104 Å². The van der Waals surface area contributed by atoms with Crippen molar-refractivity contribution in [2.24, 2.45) is 7.05 Å². The topological polar surface area (TPSA) is 46.1 Å². The number of nitrogens with zero attached hydrogens (tertiary/aromatic N) is 1. The van der Waals surface area contributed by atoms with Gasteiger partial charge in [-0.2, -0.15) is 0 Å². The fourth-order valence-corrected chi connectivity index (χ4v) is 1.67. The van der Waals surface area contributed by atoms with Crippen LogP contribution in [0.25, 0.3) is 0 Å². The smallest absolute Gasteiger partial charge is 0.267 e. The van der Waals surface area contributed by atoms with Crippen LogP contribution < -0.4 is 10.6 Å². The molecule has 0 unspecified atom stereocenters. The molecule has 0 saturated carbocycles. The van der Waals surface area contributed by atoms with Gasteiger partial charge in [0.15, 0.2) is 0 Å². The van der Waals surface area contributed by atoms with E-state index in [0.29, 0.717) is 12.2 Å². The van der Waals surface area contributed by atoms with E-state index < -0.39 is 0 Å². The Bertz CT molecular complexity index is 327. The molecule has 15 heavy (non-hydrogen) atoms. The second-order valence-corrected chi connectivity index (χ2v) is 3.93. The number of halogens is 2. The van der Waals surface area contributed by atoms with Gasteiger partial charge >= 0.3 is 0 Å². The lowest BCUT2D eigenvalue weighted by Gasteiger charge is -2.04. The molecule has 2 N–H and O–H groups in total. The Morgan fingerprint density at radius 1 is 1.53 bits per heavy atom. The molecule has 0 atom stereocenters. The molecule has 0 spiro atoms. The first-order chi connectivity index (χ1) is 6.65. The molecule has 0 radical (unpaired) electrons. The maximum atomic E-state index is 11.6. The minimum Gasteiger partial charge on any atom is -0.349 e. The van der Waals surface area contributed by atoms with E-state index in [9.17, 15) is 4.79 Å². The largest absolute Gasteiger partial charge is 0.349 e. The van der Waals surface area contributed by atoms with Crippen molar-refractivity contribution < 1.29 is 4.79 Å². The highest BCUT2D eigenvalue weighted by Crippen LogP contribution is 2.13. The van der Waals surface area contributed by atoms with Gasteiger partial charge in [0, 0.05) is 30.8 Å². The van der Waals surface area contributed by atoms with Gasteiger partial charge in [0.2, 0.25) is 0 Å². The van der Waals surface area contributed by atoms with Gasteiger partial charge in [0.25, 0.3) is 5.91 Å². The zero-order chi connectivity index (χ0) is 10.6. The lowest BCUT2D eigenvalue weighted by atomic mass is 10.4. The van der Waals surface area contributed by atoms with Crippen LogP contribution in [-0.4, -0.2) is 30.6 Å². The summed E-state index contributed by atoms with van der Waals surface area (Å²) in [6, 6.07) is 1.80. The fourth-order valence-electron chi connectivity index (χ4n) is 1.14. The standard InChI is InChI=1S/C9H14BrN3O.ClH/c1-11-3-4-12-9(14)8-5-7(10)6-13(8)2;/h5-6,11H,3-4H2,1-2H3,(H,12,14);1H. The van der Waals surface area contributed by atoms with E-state index in [4.69, 9.17) is 0 Å². The van der Waals surface area contributed by atoms with Gasteiger partial charge in [-0.1, -0.05) is 0 Å². The summed E-state index contributed by atoms with van der Waals surface area (Å²) in [5.74, 6) is -0.0477. The first kappa shape index (κ1) is 14.5. The number of rotatable bonds is 4. The van der Waals surface area contributed by atoms with Crippen LogP contribution in [-0.2, 0) is 7.05 Å². The van der Waals surface area contributed by atoms with Crippen molar-refractivity contribution in [3.8, 4) is 0 Å². The number of nitrogens with one attached hydrogen (secondary N) is 2. The maximum Gasteiger partial charge on any atom is 0.267 e. The number of hydrogen-bond acceptors (Lipinski definition) is 2. The third-order valence-electron chi connectivity index (χ3n) is 1.86. The zero-order valence-electron chi connectivity index (χ0n) is 8.71. The van der Waals surface area contributed by atoms with E-state index in [1.807, 2.05) is 20.3 Å². The minimum absolute atomic E-state index is 0. The third kappa shape index (κ3) is 4.24. The minimum atomic E-state index is -0.0477. The van der Waals surface area contributed by atoms with Gasteiger partial charge < -0.3 is 15.2 Å². The fraction of sp³-hybridized carbons (Fsp3) is 0.444. The Morgan fingerprint density at radius 3 is 2.67 bits per heavy atom. The van der Waals surface area contributed by atoms with Gasteiger partial charge in [-0.15, -0.1) is 12.4 Å². The third-order valence-corrected chi connectivity index (χ3v) is 2.30. The predicted molar refractivity (Wildman–Crippen MR) is 66.6 cm³/mol. The first-order valence-electron chi connectivity index (χ1n) is 4.40. The summed E-state index contributed by atoms with van der Waals surface area (Å²) < 4.78 is 2.71. The van der Waals surface area contributed by atoms with Crippen molar-refractivity contribution >= 4 is 34.2 Å². The molecule has 0 aromatic carbocycles. The molecule has 1 heterocycles. The lowest BCUT2D eigenvalue weighted by Crippen LogP contribution is -2.31. The van der Waals surface area contributed by atoms with E-state index >= 15 is 0 Å². The summed E-state index contributed by atoms with van der Waals surface area (Å²) in [6.45, 7) is 1.41. The number of amides is 1. The molecule has 1 aromatic heterocycles. The predicted octanol–water partition coefficient (Wildman–Crippen LogP) is 1.16. The van der Waals surface area contributed by atoms with Crippen molar-refractivity contribution in [2.45, 2.75) is 0 Å². The molecular formula is C9H15BrClN3O. The van der Waals surface area contributed by atoms with E-state index in [1.54, 1.807) is 10.6 Å². The summed E-state index contributed by atoms with van der Waals surface area (Å²) in [5, 5.41) is 5.77. The van der Waals surface area contributed by atoms with Crippen LogP contribution in [0.4, 0.5) is 0 Å². The lowest BCUT2D eigenvalue weighted by molar-refractivity contribution is 0.0946. The molecule has 0 aliphatic carbocycles. The van der Waals surface area contributed by atoms with E-state index in [2.05, 4.69) is 26.6 Å². The molecule has 0 aliphatic rings. The Kier molecular flexibility index (Phi) is 6.63. The van der Waals surface area contributed by atoms with Crippen LogP contribution >= 0.6 is 28.3 Å².